The first-order valence-corrected chi connectivity index (χ1v) is 12.2. The Labute approximate surface area is 183 Å². The van der Waals surface area contributed by atoms with Crippen LogP contribution in [-0.2, 0) is 23.0 Å². The number of benzene rings is 2. The Hall–Kier alpha value is -2.84. The van der Waals surface area contributed by atoms with Gasteiger partial charge >= 0.3 is 0 Å². The molecule has 0 saturated heterocycles. The zero-order chi connectivity index (χ0) is 21.7. The molecular weight excluding hydrogens is 410 g/mol. The summed E-state index contributed by atoms with van der Waals surface area (Å²) in [4.78, 5) is 8.24. The highest BCUT2D eigenvalue weighted by Crippen LogP contribution is 2.22. The maximum atomic E-state index is 12.3. The van der Waals surface area contributed by atoms with Crippen molar-refractivity contribution in [3.05, 3.63) is 65.9 Å². The van der Waals surface area contributed by atoms with Crippen molar-refractivity contribution in [2.24, 2.45) is 4.99 Å². The molecule has 4 N–H and O–H groups in total. The number of hydrogen-bond donors (Lipinski definition) is 4. The van der Waals surface area contributed by atoms with Gasteiger partial charge in [0.25, 0.3) is 0 Å². The van der Waals surface area contributed by atoms with Crippen LogP contribution < -0.4 is 15.4 Å². The molecule has 7 nitrogen and oxygen atoms in total. The van der Waals surface area contributed by atoms with Gasteiger partial charge < -0.3 is 15.6 Å². The minimum absolute atomic E-state index is 0.104. The van der Waals surface area contributed by atoms with Crippen molar-refractivity contribution in [1.29, 1.82) is 0 Å². The van der Waals surface area contributed by atoms with E-state index in [4.69, 9.17) is 0 Å². The quantitative estimate of drug-likeness (QED) is 0.304. The molecule has 164 valence electrons. The molecule has 1 fully saturated rings. The van der Waals surface area contributed by atoms with E-state index in [0.29, 0.717) is 11.4 Å². The predicted molar refractivity (Wildman–Crippen MR) is 125 cm³/mol. The number of aromatic amines is 1. The Balaban J connectivity index is 1.34. The van der Waals surface area contributed by atoms with Crippen LogP contribution in [0.3, 0.4) is 0 Å². The Bertz CT molecular complexity index is 1150. The fourth-order valence-electron chi connectivity index (χ4n) is 3.43. The van der Waals surface area contributed by atoms with Crippen molar-refractivity contribution in [3.8, 4) is 0 Å². The minimum Gasteiger partial charge on any atom is -0.361 e. The van der Waals surface area contributed by atoms with Crippen molar-refractivity contribution in [2.45, 2.75) is 43.7 Å². The van der Waals surface area contributed by atoms with E-state index in [1.165, 1.54) is 10.9 Å². The Morgan fingerprint density at radius 3 is 2.61 bits per heavy atom. The Morgan fingerprint density at radius 1 is 1.10 bits per heavy atom. The summed E-state index contributed by atoms with van der Waals surface area (Å²) in [6.07, 6.45) is 4.79. The third kappa shape index (κ3) is 5.65. The van der Waals surface area contributed by atoms with Crippen LogP contribution in [0.15, 0.2) is 64.6 Å². The van der Waals surface area contributed by atoms with E-state index >= 15 is 0 Å². The molecule has 0 unspecified atom stereocenters. The van der Waals surface area contributed by atoms with Gasteiger partial charge in [-0.1, -0.05) is 30.3 Å². The largest absolute Gasteiger partial charge is 0.361 e. The molecule has 1 aliphatic rings. The smallest absolute Gasteiger partial charge is 0.240 e. The first-order valence-electron chi connectivity index (χ1n) is 10.7. The highest BCUT2D eigenvalue weighted by Gasteiger charge is 2.27. The average molecular weight is 440 g/mol. The predicted octanol–water partition coefficient (Wildman–Crippen LogP) is 2.91. The monoisotopic (exact) mass is 439 g/mol. The molecule has 0 atom stereocenters. The Kier molecular flexibility index (Phi) is 6.58. The molecule has 8 heteroatoms. The lowest BCUT2D eigenvalue weighted by atomic mass is 10.1. The number of guanidine groups is 1. The number of aliphatic imine (C=N–C) groups is 1. The van der Waals surface area contributed by atoms with Crippen LogP contribution in [0.25, 0.3) is 10.9 Å². The number of H-pyrrole nitrogens is 1. The van der Waals surface area contributed by atoms with Gasteiger partial charge in [-0.3, -0.25) is 0 Å². The van der Waals surface area contributed by atoms with Gasteiger partial charge in [-0.25, -0.2) is 18.1 Å². The van der Waals surface area contributed by atoms with E-state index in [9.17, 15) is 8.42 Å². The third-order valence-corrected chi connectivity index (χ3v) is 6.79. The summed E-state index contributed by atoms with van der Waals surface area (Å²) >= 11 is 0. The summed E-state index contributed by atoms with van der Waals surface area (Å²) < 4.78 is 27.3. The van der Waals surface area contributed by atoms with Crippen molar-refractivity contribution in [2.75, 3.05) is 13.1 Å². The SMILES string of the molecule is CCNC(=NCc1ccc(S(=O)(=O)NC2CC2)cc1)NCCc1c[nH]c2ccccc12. The first-order chi connectivity index (χ1) is 15.0. The number of rotatable bonds is 9. The minimum atomic E-state index is -3.42. The van der Waals surface area contributed by atoms with Crippen molar-refractivity contribution in [1.82, 2.24) is 20.3 Å². The van der Waals surface area contributed by atoms with Crippen LogP contribution in [0.2, 0.25) is 0 Å². The van der Waals surface area contributed by atoms with E-state index in [0.717, 1.165) is 49.4 Å². The van der Waals surface area contributed by atoms with Gasteiger partial charge in [0.1, 0.15) is 0 Å². The number of sulfonamides is 1. The van der Waals surface area contributed by atoms with Crippen LogP contribution in [0.4, 0.5) is 0 Å². The summed E-state index contributed by atoms with van der Waals surface area (Å²) in [7, 11) is -3.42. The number of fused-ring (bicyclic) bond motifs is 1. The van der Waals surface area contributed by atoms with Gasteiger partial charge in [0, 0.05) is 36.2 Å². The lowest BCUT2D eigenvalue weighted by Gasteiger charge is -2.11. The summed E-state index contributed by atoms with van der Waals surface area (Å²) in [6.45, 7) is 4.03. The fourth-order valence-corrected chi connectivity index (χ4v) is 4.73. The van der Waals surface area contributed by atoms with Crippen LogP contribution in [0, 0.1) is 0 Å². The van der Waals surface area contributed by atoms with E-state index in [2.05, 4.69) is 49.7 Å². The molecule has 1 saturated carbocycles. The number of nitrogens with one attached hydrogen (secondary N) is 4. The number of hydrogen-bond acceptors (Lipinski definition) is 3. The molecular formula is C23H29N5O2S. The maximum absolute atomic E-state index is 12.3. The van der Waals surface area contributed by atoms with E-state index in [1.807, 2.05) is 25.1 Å². The molecule has 1 aromatic heterocycles. The molecule has 0 bridgehead atoms. The topological polar surface area (TPSA) is 98.4 Å². The van der Waals surface area contributed by atoms with Gasteiger partial charge in [-0.05, 0) is 55.5 Å². The molecule has 0 spiro atoms. The molecule has 0 aliphatic heterocycles. The highest BCUT2D eigenvalue weighted by atomic mass is 32.2. The van der Waals surface area contributed by atoms with Crippen LogP contribution in [0.1, 0.15) is 30.9 Å². The lowest BCUT2D eigenvalue weighted by molar-refractivity contribution is 0.581. The van der Waals surface area contributed by atoms with Gasteiger partial charge in [0.2, 0.25) is 10.0 Å². The third-order valence-electron chi connectivity index (χ3n) is 5.26. The molecule has 0 amide bonds. The van der Waals surface area contributed by atoms with Crippen LogP contribution >= 0.6 is 0 Å². The zero-order valence-corrected chi connectivity index (χ0v) is 18.5. The zero-order valence-electron chi connectivity index (χ0n) is 17.7. The first kappa shape index (κ1) is 21.4. The fraction of sp³-hybridized carbons (Fsp3) is 0.348. The average Bonchev–Trinajstić information content (AvgIpc) is 3.48. The summed E-state index contributed by atoms with van der Waals surface area (Å²) in [5.41, 5.74) is 3.38. The number of para-hydroxylation sites is 1. The van der Waals surface area contributed by atoms with Crippen molar-refractivity contribution >= 4 is 26.9 Å². The second-order valence-electron chi connectivity index (χ2n) is 7.77. The standard InChI is InChI=1S/C23H29N5O2S/c1-2-24-23(25-14-13-18-16-26-22-6-4-3-5-21(18)22)27-15-17-7-11-20(12-8-17)31(29,30)28-19-9-10-19/h3-8,11-12,16,19,26,28H,2,9-10,13-15H2,1H3,(H2,24,25,27). The summed E-state index contributed by atoms with van der Waals surface area (Å²) in [6, 6.07) is 15.3. The van der Waals surface area contributed by atoms with E-state index in [1.54, 1.807) is 12.1 Å². The second kappa shape index (κ2) is 9.53. The summed E-state index contributed by atoms with van der Waals surface area (Å²) in [5.74, 6) is 0.745. The molecule has 2 aromatic carbocycles. The van der Waals surface area contributed by atoms with Crippen molar-refractivity contribution < 1.29 is 8.42 Å². The molecule has 4 rings (SSSR count). The molecule has 3 aromatic rings. The van der Waals surface area contributed by atoms with Gasteiger partial charge in [0.15, 0.2) is 5.96 Å². The van der Waals surface area contributed by atoms with Crippen molar-refractivity contribution in [3.63, 3.8) is 0 Å². The summed E-state index contributed by atoms with van der Waals surface area (Å²) in [5, 5.41) is 7.88. The van der Waals surface area contributed by atoms with Gasteiger partial charge in [-0.2, -0.15) is 0 Å². The second-order valence-corrected chi connectivity index (χ2v) is 9.48. The van der Waals surface area contributed by atoms with E-state index in [-0.39, 0.29) is 6.04 Å². The maximum Gasteiger partial charge on any atom is 0.240 e. The number of aromatic nitrogens is 1. The lowest BCUT2D eigenvalue weighted by Crippen LogP contribution is -2.38. The number of nitrogens with zero attached hydrogens (tertiary/aromatic N) is 1. The molecule has 1 heterocycles. The van der Waals surface area contributed by atoms with E-state index < -0.39 is 10.0 Å². The normalized spacial score (nSPS) is 14.7. The van der Waals surface area contributed by atoms with Crippen LogP contribution in [-0.4, -0.2) is 38.5 Å². The Morgan fingerprint density at radius 2 is 1.87 bits per heavy atom. The molecule has 31 heavy (non-hydrogen) atoms. The van der Waals surface area contributed by atoms with Crippen LogP contribution in [0.5, 0.6) is 0 Å². The van der Waals surface area contributed by atoms with Gasteiger partial charge in [0.05, 0.1) is 11.4 Å². The molecule has 1 aliphatic carbocycles. The molecule has 0 radical (unpaired) electrons. The van der Waals surface area contributed by atoms with Gasteiger partial charge in [-0.15, -0.1) is 0 Å². The highest BCUT2D eigenvalue weighted by molar-refractivity contribution is 7.89.